The average molecular weight is 279 g/mol. The van der Waals surface area contributed by atoms with Crippen molar-refractivity contribution in [2.24, 2.45) is 0 Å². The van der Waals surface area contributed by atoms with E-state index >= 15 is 0 Å². The van der Waals surface area contributed by atoms with Crippen LogP contribution in [0.3, 0.4) is 0 Å². The van der Waals surface area contributed by atoms with Crippen LogP contribution in [0.4, 0.5) is 5.69 Å². The van der Waals surface area contributed by atoms with E-state index in [0.29, 0.717) is 17.8 Å². The molecule has 0 aliphatic carbocycles. The van der Waals surface area contributed by atoms with Crippen molar-refractivity contribution in [3.05, 3.63) is 29.8 Å². The zero-order valence-electron chi connectivity index (χ0n) is 10.3. The fourth-order valence-corrected chi connectivity index (χ4v) is 1.12. The zero-order chi connectivity index (χ0) is 11.5. The van der Waals surface area contributed by atoms with Crippen molar-refractivity contribution in [2.75, 3.05) is 12.3 Å². The van der Waals surface area contributed by atoms with E-state index in [1.54, 1.807) is 24.3 Å². The molecular weight excluding hydrogens is 259 g/mol. The van der Waals surface area contributed by atoms with Crippen LogP contribution in [-0.2, 0) is 0 Å². The predicted molar refractivity (Wildman–Crippen MR) is 77.4 cm³/mol. The number of nitrogens with one attached hydrogen (secondary N) is 1. The second-order valence-corrected chi connectivity index (χ2v) is 4.65. The molecule has 17 heavy (non-hydrogen) atoms. The lowest BCUT2D eigenvalue weighted by Gasteiger charge is -2.19. The Morgan fingerprint density at radius 1 is 1.18 bits per heavy atom. The maximum Gasteiger partial charge on any atom is 0.176 e. The minimum absolute atomic E-state index is 0. The molecule has 0 heterocycles. The van der Waals surface area contributed by atoms with Gasteiger partial charge >= 0.3 is 0 Å². The number of hydrogen-bond donors (Lipinski definition) is 2. The van der Waals surface area contributed by atoms with Crippen molar-refractivity contribution >= 4 is 36.3 Å². The third kappa shape index (κ3) is 7.21. The number of carbonyl (C=O) groups is 1. The van der Waals surface area contributed by atoms with Gasteiger partial charge in [0.1, 0.15) is 0 Å². The smallest absolute Gasteiger partial charge is 0.176 e. The molecule has 0 radical (unpaired) electrons. The summed E-state index contributed by atoms with van der Waals surface area (Å²) in [5.74, 6) is 0.0879. The normalized spacial score (nSPS) is 10.1. The molecule has 0 fully saturated rings. The molecule has 98 valence electrons. The first kappa shape index (κ1) is 18.6. The third-order valence-electron chi connectivity index (χ3n) is 2.01. The summed E-state index contributed by atoms with van der Waals surface area (Å²) in [6.07, 6.45) is 0. The maximum atomic E-state index is 11.7. The third-order valence-corrected chi connectivity index (χ3v) is 2.01. The quantitative estimate of drug-likeness (QED) is 0.660. The molecule has 0 aliphatic heterocycles. The summed E-state index contributed by atoms with van der Waals surface area (Å²) >= 11 is 0. The molecule has 0 unspecified atom stereocenters. The Morgan fingerprint density at radius 3 is 2.06 bits per heavy atom. The molecule has 0 aromatic heterocycles. The van der Waals surface area contributed by atoms with E-state index in [2.05, 4.69) is 5.32 Å². The van der Waals surface area contributed by atoms with Gasteiger partial charge in [-0.15, -0.1) is 24.8 Å². The summed E-state index contributed by atoms with van der Waals surface area (Å²) in [5.41, 5.74) is 6.88. The zero-order valence-corrected chi connectivity index (χ0v) is 12.0. The van der Waals surface area contributed by atoms with Crippen molar-refractivity contribution in [1.29, 1.82) is 0 Å². The van der Waals surface area contributed by atoms with Gasteiger partial charge in [-0.2, -0.15) is 0 Å². The van der Waals surface area contributed by atoms with Crippen LogP contribution in [0.2, 0.25) is 0 Å². The maximum absolute atomic E-state index is 11.7. The van der Waals surface area contributed by atoms with Crippen molar-refractivity contribution in [1.82, 2.24) is 5.32 Å². The largest absolute Gasteiger partial charge is 0.399 e. The topological polar surface area (TPSA) is 55.1 Å². The summed E-state index contributed by atoms with van der Waals surface area (Å²) in [6, 6.07) is 6.98. The number of rotatable bonds is 3. The summed E-state index contributed by atoms with van der Waals surface area (Å²) in [4.78, 5) is 11.7. The van der Waals surface area contributed by atoms with Crippen LogP contribution in [0.1, 0.15) is 31.1 Å². The molecular formula is C12H20Cl2N2O. The van der Waals surface area contributed by atoms with E-state index in [1.807, 2.05) is 20.8 Å². The molecule has 0 atom stereocenters. The highest BCUT2D eigenvalue weighted by molar-refractivity contribution is 5.97. The second kappa shape index (κ2) is 7.54. The lowest BCUT2D eigenvalue weighted by molar-refractivity contribution is 0.0982. The van der Waals surface area contributed by atoms with Crippen molar-refractivity contribution in [3.63, 3.8) is 0 Å². The molecule has 1 rings (SSSR count). The summed E-state index contributed by atoms with van der Waals surface area (Å²) < 4.78 is 0. The Bertz CT molecular complexity index is 345. The lowest BCUT2D eigenvalue weighted by Crippen LogP contribution is -2.39. The number of ketones is 1. The van der Waals surface area contributed by atoms with Crippen molar-refractivity contribution < 1.29 is 4.79 Å². The van der Waals surface area contributed by atoms with E-state index in [9.17, 15) is 4.79 Å². The summed E-state index contributed by atoms with van der Waals surface area (Å²) in [7, 11) is 0. The van der Waals surface area contributed by atoms with Crippen molar-refractivity contribution in [2.45, 2.75) is 26.3 Å². The van der Waals surface area contributed by atoms with Gasteiger partial charge in [-0.3, -0.25) is 4.79 Å². The molecule has 0 bridgehead atoms. The second-order valence-electron chi connectivity index (χ2n) is 4.65. The first-order valence-electron chi connectivity index (χ1n) is 5.02. The Balaban J connectivity index is 0. The molecule has 3 N–H and O–H groups in total. The first-order chi connectivity index (χ1) is 6.88. The van der Waals surface area contributed by atoms with E-state index in [1.165, 1.54) is 0 Å². The van der Waals surface area contributed by atoms with E-state index in [-0.39, 0.29) is 36.1 Å². The fourth-order valence-electron chi connectivity index (χ4n) is 1.12. The number of nitrogen functional groups attached to an aromatic ring is 1. The highest BCUT2D eigenvalue weighted by Gasteiger charge is 2.12. The minimum Gasteiger partial charge on any atom is -0.399 e. The van der Waals surface area contributed by atoms with Crippen molar-refractivity contribution in [3.8, 4) is 0 Å². The van der Waals surface area contributed by atoms with Crippen LogP contribution in [-0.4, -0.2) is 17.9 Å². The molecule has 0 spiro atoms. The molecule has 1 aromatic carbocycles. The SMILES string of the molecule is CC(C)(C)NCC(=O)c1ccc(N)cc1.Cl.Cl. The summed E-state index contributed by atoms with van der Waals surface area (Å²) in [6.45, 7) is 6.45. The van der Waals surface area contributed by atoms with Crippen LogP contribution in [0.25, 0.3) is 0 Å². The van der Waals surface area contributed by atoms with Gasteiger partial charge in [0.05, 0.1) is 6.54 Å². The van der Waals surface area contributed by atoms with Crippen LogP contribution in [0.5, 0.6) is 0 Å². The Labute approximate surface area is 115 Å². The van der Waals surface area contributed by atoms with Gasteiger partial charge in [0.25, 0.3) is 0 Å². The molecule has 0 amide bonds. The number of benzene rings is 1. The Morgan fingerprint density at radius 2 is 1.65 bits per heavy atom. The highest BCUT2D eigenvalue weighted by Crippen LogP contribution is 2.06. The van der Waals surface area contributed by atoms with Gasteiger partial charge in [-0.1, -0.05) is 0 Å². The Hall–Kier alpha value is -0.770. The van der Waals surface area contributed by atoms with Crippen LogP contribution in [0, 0.1) is 0 Å². The number of anilines is 1. The molecule has 5 heteroatoms. The molecule has 1 aromatic rings. The molecule has 0 aliphatic rings. The van der Waals surface area contributed by atoms with Crippen LogP contribution >= 0.6 is 24.8 Å². The van der Waals surface area contributed by atoms with E-state index < -0.39 is 0 Å². The van der Waals surface area contributed by atoms with E-state index in [4.69, 9.17) is 5.73 Å². The molecule has 3 nitrogen and oxygen atoms in total. The minimum atomic E-state index is -0.0382. The van der Waals surface area contributed by atoms with Gasteiger partial charge in [0.15, 0.2) is 5.78 Å². The number of nitrogens with two attached hydrogens (primary N) is 1. The van der Waals surface area contributed by atoms with Gasteiger partial charge in [-0.05, 0) is 45.0 Å². The fraction of sp³-hybridized carbons (Fsp3) is 0.417. The lowest BCUT2D eigenvalue weighted by atomic mass is 10.1. The van der Waals surface area contributed by atoms with Gasteiger partial charge < -0.3 is 11.1 Å². The monoisotopic (exact) mass is 278 g/mol. The number of halogens is 2. The summed E-state index contributed by atoms with van der Waals surface area (Å²) in [5, 5.41) is 3.15. The Kier molecular flexibility index (Phi) is 8.24. The molecule has 0 saturated carbocycles. The molecule has 0 saturated heterocycles. The van der Waals surface area contributed by atoms with Gasteiger partial charge in [0.2, 0.25) is 0 Å². The van der Waals surface area contributed by atoms with Crippen LogP contribution in [0.15, 0.2) is 24.3 Å². The average Bonchev–Trinajstić information content (AvgIpc) is 2.14. The first-order valence-corrected chi connectivity index (χ1v) is 5.02. The highest BCUT2D eigenvalue weighted by atomic mass is 35.5. The van der Waals surface area contributed by atoms with Gasteiger partial charge in [-0.25, -0.2) is 0 Å². The van der Waals surface area contributed by atoms with Gasteiger partial charge in [0, 0.05) is 16.8 Å². The number of hydrogen-bond acceptors (Lipinski definition) is 3. The number of Topliss-reactive ketones (excluding diaryl/α,β-unsaturated/α-hetero) is 1. The number of carbonyl (C=O) groups excluding carboxylic acids is 1. The van der Waals surface area contributed by atoms with Crippen LogP contribution < -0.4 is 11.1 Å². The predicted octanol–water partition coefficient (Wildman–Crippen LogP) is 2.68. The standard InChI is InChI=1S/C12H18N2O.2ClH/c1-12(2,3)14-8-11(15)9-4-6-10(13)7-5-9;;/h4-7,14H,8,13H2,1-3H3;2*1H. The van der Waals surface area contributed by atoms with E-state index in [0.717, 1.165) is 0 Å².